The molecule has 0 atom stereocenters. The van der Waals surface area contributed by atoms with Crippen molar-refractivity contribution in [1.82, 2.24) is 0 Å². The van der Waals surface area contributed by atoms with E-state index in [-0.39, 0.29) is 11.7 Å². The van der Waals surface area contributed by atoms with Gasteiger partial charge in [-0.25, -0.2) is 0 Å². The predicted octanol–water partition coefficient (Wildman–Crippen LogP) is 6.28. The Hall–Kier alpha value is -1.95. The van der Waals surface area contributed by atoms with E-state index in [9.17, 15) is 14.9 Å². The van der Waals surface area contributed by atoms with E-state index in [4.69, 9.17) is 4.74 Å². The summed E-state index contributed by atoms with van der Waals surface area (Å²) in [5.41, 5.74) is -0.0131. The number of quaternary nitrogens is 1. The Morgan fingerprint density at radius 2 is 1.37 bits per heavy atom. The van der Waals surface area contributed by atoms with E-state index >= 15 is 0 Å². The summed E-state index contributed by atoms with van der Waals surface area (Å²) in [6.45, 7) is 4.33. The summed E-state index contributed by atoms with van der Waals surface area (Å²) in [5, 5.41) is 10.7. The van der Waals surface area contributed by atoms with E-state index < -0.39 is 4.92 Å². The average molecular weight is 422 g/mol. The Bertz CT molecular complexity index is 614. The van der Waals surface area contributed by atoms with Crippen molar-refractivity contribution >= 4 is 11.7 Å². The molecule has 1 aromatic rings. The molecule has 30 heavy (non-hydrogen) atoms. The highest BCUT2D eigenvalue weighted by Crippen LogP contribution is 2.18. The normalized spacial score (nSPS) is 11.4. The first-order valence-electron chi connectivity index (χ1n) is 11.6. The lowest BCUT2D eigenvalue weighted by Gasteiger charge is -2.29. The molecular weight excluding hydrogens is 380 g/mol. The molecule has 0 saturated heterocycles. The number of rotatable bonds is 17. The summed E-state index contributed by atoms with van der Waals surface area (Å²) in [7, 11) is 4.44. The van der Waals surface area contributed by atoms with E-state index in [1.807, 2.05) is 0 Å². The van der Waals surface area contributed by atoms with Crippen LogP contribution in [0.3, 0.4) is 0 Å². The first kappa shape index (κ1) is 26.1. The third-order valence-electron chi connectivity index (χ3n) is 5.54. The van der Waals surface area contributed by atoms with Crippen LogP contribution in [0.5, 0.6) is 5.75 Å². The Balaban J connectivity index is 2.09. The molecule has 0 aromatic heterocycles. The maximum absolute atomic E-state index is 12.0. The largest absolute Gasteiger partial charge is 0.427 e. The molecule has 0 saturated carbocycles. The van der Waals surface area contributed by atoms with E-state index in [1.54, 1.807) is 0 Å². The summed E-state index contributed by atoms with van der Waals surface area (Å²) in [6, 6.07) is 5.60. The van der Waals surface area contributed by atoms with Gasteiger partial charge in [-0.15, -0.1) is 0 Å². The average Bonchev–Trinajstić information content (AvgIpc) is 2.69. The maximum Gasteiger partial charge on any atom is 0.311 e. The van der Waals surface area contributed by atoms with Gasteiger partial charge in [0.2, 0.25) is 0 Å². The fourth-order valence-electron chi connectivity index (χ4n) is 3.61. The van der Waals surface area contributed by atoms with Gasteiger partial charge in [-0.2, -0.15) is 0 Å². The van der Waals surface area contributed by atoms with Gasteiger partial charge in [0.25, 0.3) is 5.69 Å². The number of hydrogen-bond donors (Lipinski definition) is 0. The maximum atomic E-state index is 12.0. The second-order valence-electron chi connectivity index (χ2n) is 8.89. The van der Waals surface area contributed by atoms with Gasteiger partial charge in [0, 0.05) is 18.6 Å². The van der Waals surface area contributed by atoms with Crippen molar-refractivity contribution in [2.75, 3.05) is 27.2 Å². The molecule has 0 heterocycles. The molecule has 0 aliphatic rings. The Kier molecular flexibility index (Phi) is 13.0. The number of nitro groups is 1. The molecule has 6 nitrogen and oxygen atoms in total. The number of non-ortho nitro benzene ring substituents is 1. The second-order valence-corrected chi connectivity index (χ2v) is 8.89. The quantitative estimate of drug-likeness (QED) is 0.0741. The highest BCUT2D eigenvalue weighted by Gasteiger charge is 2.16. The van der Waals surface area contributed by atoms with Crippen LogP contribution in [0.4, 0.5) is 5.69 Å². The van der Waals surface area contributed by atoms with Gasteiger partial charge in [0.05, 0.1) is 38.5 Å². The van der Waals surface area contributed by atoms with Gasteiger partial charge in [-0.3, -0.25) is 14.9 Å². The van der Waals surface area contributed by atoms with Crippen LogP contribution in [0.1, 0.15) is 84.0 Å². The molecular formula is C24H41N2O4+. The van der Waals surface area contributed by atoms with E-state index in [0.717, 1.165) is 24.0 Å². The lowest BCUT2D eigenvalue weighted by Crippen LogP contribution is -2.41. The monoisotopic (exact) mass is 421 g/mol. The second kappa shape index (κ2) is 14.9. The van der Waals surface area contributed by atoms with Crippen molar-refractivity contribution in [2.45, 2.75) is 84.0 Å². The molecule has 0 N–H and O–H groups in total. The van der Waals surface area contributed by atoms with Gasteiger partial charge in [0.1, 0.15) is 5.75 Å². The number of carbonyl (C=O) groups is 1. The van der Waals surface area contributed by atoms with Crippen LogP contribution in [0, 0.1) is 10.1 Å². The van der Waals surface area contributed by atoms with Crippen molar-refractivity contribution in [2.24, 2.45) is 0 Å². The minimum Gasteiger partial charge on any atom is -0.427 e. The molecule has 0 unspecified atom stereocenters. The minimum absolute atomic E-state index is 0.0131. The lowest BCUT2D eigenvalue weighted by molar-refractivity contribution is -0.890. The molecule has 0 radical (unpaired) electrons. The number of benzene rings is 1. The van der Waals surface area contributed by atoms with E-state index in [0.29, 0.717) is 12.2 Å². The van der Waals surface area contributed by atoms with Crippen LogP contribution in [0.25, 0.3) is 0 Å². The minimum atomic E-state index is -0.472. The molecule has 0 spiro atoms. The van der Waals surface area contributed by atoms with Gasteiger partial charge >= 0.3 is 5.97 Å². The first-order valence-corrected chi connectivity index (χ1v) is 11.6. The zero-order valence-corrected chi connectivity index (χ0v) is 19.2. The predicted molar refractivity (Wildman–Crippen MR) is 122 cm³/mol. The van der Waals surface area contributed by atoms with Crippen molar-refractivity contribution in [3.63, 3.8) is 0 Å². The third kappa shape index (κ3) is 12.6. The fourth-order valence-corrected chi connectivity index (χ4v) is 3.61. The first-order chi connectivity index (χ1) is 14.3. The van der Waals surface area contributed by atoms with Gasteiger partial charge in [-0.1, -0.05) is 58.3 Å². The van der Waals surface area contributed by atoms with Crippen molar-refractivity contribution in [1.29, 1.82) is 0 Å². The number of hydrogen-bond acceptors (Lipinski definition) is 4. The molecule has 0 bridgehead atoms. The molecule has 170 valence electrons. The molecule has 0 fully saturated rings. The number of nitro benzene ring substituents is 1. The van der Waals surface area contributed by atoms with Crippen molar-refractivity contribution in [3.05, 3.63) is 34.4 Å². The summed E-state index contributed by atoms with van der Waals surface area (Å²) in [6.07, 6.45) is 14.6. The number of nitrogens with zero attached hydrogens (tertiary/aromatic N) is 2. The Labute approximate surface area is 182 Å². The smallest absolute Gasteiger partial charge is 0.311 e. The molecule has 0 amide bonds. The number of esters is 1. The van der Waals surface area contributed by atoms with Crippen LogP contribution in [-0.2, 0) is 4.79 Å². The summed E-state index contributed by atoms with van der Waals surface area (Å²) in [5.74, 6) is 0.0625. The standard InChI is InChI=1S/C24H41N2O4/c1-4-5-6-7-8-9-10-11-12-13-20-26(2,3)21-14-15-24(27)30-23-18-16-22(17-19-23)25(28)29/h16-19H,4-15,20-21H2,1-3H3/q+1. The fraction of sp³-hybridized carbons (Fsp3) is 0.708. The van der Waals surface area contributed by atoms with Gasteiger partial charge in [0.15, 0.2) is 0 Å². The Morgan fingerprint density at radius 1 is 0.867 bits per heavy atom. The number of ether oxygens (including phenoxy) is 1. The van der Waals surface area contributed by atoms with Crippen molar-refractivity contribution in [3.8, 4) is 5.75 Å². The highest BCUT2D eigenvalue weighted by atomic mass is 16.6. The van der Waals surface area contributed by atoms with Gasteiger partial charge < -0.3 is 9.22 Å². The summed E-state index contributed by atoms with van der Waals surface area (Å²) >= 11 is 0. The van der Waals surface area contributed by atoms with Crippen LogP contribution in [-0.4, -0.2) is 42.6 Å². The van der Waals surface area contributed by atoms with Crippen molar-refractivity contribution < 1.29 is 18.9 Å². The SMILES string of the molecule is CCCCCCCCCCCC[N+](C)(C)CCCC(=O)Oc1ccc([N+](=O)[O-])cc1. The van der Waals surface area contributed by atoms with Crippen LogP contribution in [0.15, 0.2) is 24.3 Å². The zero-order chi connectivity index (χ0) is 22.2. The third-order valence-corrected chi connectivity index (χ3v) is 5.54. The molecule has 0 aliphatic heterocycles. The molecule has 1 rings (SSSR count). The van der Waals surface area contributed by atoms with Crippen LogP contribution >= 0.6 is 0 Å². The topological polar surface area (TPSA) is 69.4 Å². The summed E-state index contributed by atoms with van der Waals surface area (Å²) < 4.78 is 6.18. The highest BCUT2D eigenvalue weighted by molar-refractivity contribution is 5.72. The van der Waals surface area contributed by atoms with Gasteiger partial charge in [-0.05, 0) is 25.0 Å². The Morgan fingerprint density at radius 3 is 1.90 bits per heavy atom. The lowest BCUT2D eigenvalue weighted by atomic mass is 10.1. The number of carbonyl (C=O) groups excluding carboxylic acids is 1. The van der Waals surface area contributed by atoms with E-state index in [1.165, 1.54) is 88.5 Å². The van der Waals surface area contributed by atoms with Crippen LogP contribution < -0.4 is 4.74 Å². The van der Waals surface area contributed by atoms with Crippen LogP contribution in [0.2, 0.25) is 0 Å². The number of unbranched alkanes of at least 4 members (excludes halogenated alkanes) is 9. The zero-order valence-electron chi connectivity index (χ0n) is 19.2. The summed E-state index contributed by atoms with van der Waals surface area (Å²) in [4.78, 5) is 22.2. The molecule has 0 aliphatic carbocycles. The van der Waals surface area contributed by atoms with E-state index in [2.05, 4.69) is 21.0 Å². The molecule has 6 heteroatoms. The molecule has 1 aromatic carbocycles.